The van der Waals surface area contributed by atoms with E-state index in [0.29, 0.717) is 0 Å². The molecule has 0 bridgehead atoms. The van der Waals surface area contributed by atoms with Crippen molar-refractivity contribution in [2.24, 2.45) is 5.73 Å². The van der Waals surface area contributed by atoms with Crippen LogP contribution >= 0.6 is 0 Å². The predicted molar refractivity (Wildman–Crippen MR) is 29.9 cm³/mol. The summed E-state index contributed by atoms with van der Waals surface area (Å²) in [6.07, 6.45) is 0.909. The first-order valence-electron chi connectivity index (χ1n) is 2.16. The van der Waals surface area contributed by atoms with E-state index in [1.54, 1.807) is 6.07 Å². The van der Waals surface area contributed by atoms with Gasteiger partial charge in [-0.05, 0) is 0 Å². The van der Waals surface area contributed by atoms with Crippen molar-refractivity contribution in [3.63, 3.8) is 0 Å². The van der Waals surface area contributed by atoms with E-state index in [1.165, 1.54) is 7.11 Å². The number of carbonyl (C=O) groups is 1. The maximum atomic E-state index is 10.4. The van der Waals surface area contributed by atoms with Gasteiger partial charge in [0, 0.05) is 6.20 Å². The lowest BCUT2D eigenvalue weighted by molar-refractivity contribution is -0.135. The zero-order chi connectivity index (χ0) is 7.28. The quantitative estimate of drug-likeness (QED) is 0.292. The van der Waals surface area contributed by atoms with Crippen LogP contribution in [-0.4, -0.2) is 13.1 Å². The zero-order valence-electron chi connectivity index (χ0n) is 4.92. The minimum Gasteiger partial charge on any atom is -0.465 e. The molecule has 2 N–H and O–H groups in total. The lowest BCUT2D eigenvalue weighted by Crippen LogP contribution is -2.04. The van der Waals surface area contributed by atoms with E-state index >= 15 is 0 Å². The maximum absolute atomic E-state index is 10.4. The molecule has 0 spiro atoms. The molecular formula is C5H6N2O2. The van der Waals surface area contributed by atoms with Gasteiger partial charge in [-0.2, -0.15) is 5.26 Å². The molecule has 0 aromatic carbocycles. The topological polar surface area (TPSA) is 76.1 Å². The fourth-order valence-electron chi connectivity index (χ4n) is 0.261. The summed E-state index contributed by atoms with van der Waals surface area (Å²) in [6, 6.07) is 1.56. The summed E-state index contributed by atoms with van der Waals surface area (Å²) in [5.41, 5.74) is 4.69. The van der Waals surface area contributed by atoms with Crippen molar-refractivity contribution in [3.8, 4) is 6.07 Å². The maximum Gasteiger partial charge on any atom is 0.350 e. The normalized spacial score (nSPS) is 10.0. The Hall–Kier alpha value is -1.50. The largest absolute Gasteiger partial charge is 0.465 e. The number of carbonyl (C=O) groups excluding carboxylic acids is 1. The van der Waals surface area contributed by atoms with Crippen molar-refractivity contribution in [2.45, 2.75) is 0 Å². The lowest BCUT2D eigenvalue weighted by atomic mass is 10.3. The Morgan fingerprint density at radius 3 is 2.56 bits per heavy atom. The molecule has 0 saturated heterocycles. The highest BCUT2D eigenvalue weighted by Gasteiger charge is 2.05. The van der Waals surface area contributed by atoms with E-state index in [9.17, 15) is 4.79 Å². The minimum atomic E-state index is -0.708. The van der Waals surface area contributed by atoms with Crippen LogP contribution in [0.25, 0.3) is 0 Å². The average molecular weight is 126 g/mol. The number of nitrogens with two attached hydrogens (primary N) is 1. The number of methoxy groups -OCH3 is 1. The van der Waals surface area contributed by atoms with E-state index < -0.39 is 5.97 Å². The van der Waals surface area contributed by atoms with Crippen molar-refractivity contribution in [2.75, 3.05) is 7.11 Å². The third kappa shape index (κ3) is 1.82. The Bertz CT molecular complexity index is 178. The van der Waals surface area contributed by atoms with Crippen LogP contribution in [0.1, 0.15) is 0 Å². The monoisotopic (exact) mass is 126 g/mol. The van der Waals surface area contributed by atoms with Gasteiger partial charge in [-0.25, -0.2) is 4.79 Å². The molecule has 0 unspecified atom stereocenters. The molecule has 0 aromatic rings. The molecule has 4 heteroatoms. The Balaban J connectivity index is 4.19. The third-order valence-corrected chi connectivity index (χ3v) is 0.692. The van der Waals surface area contributed by atoms with Gasteiger partial charge >= 0.3 is 5.97 Å². The Labute approximate surface area is 52.5 Å². The highest BCUT2D eigenvalue weighted by molar-refractivity contribution is 5.92. The molecule has 0 amide bonds. The Morgan fingerprint density at radius 2 is 2.44 bits per heavy atom. The third-order valence-electron chi connectivity index (χ3n) is 0.692. The van der Waals surface area contributed by atoms with Gasteiger partial charge in [-0.15, -0.1) is 0 Å². The fourth-order valence-corrected chi connectivity index (χ4v) is 0.261. The molecule has 0 saturated carbocycles. The molecule has 0 radical (unpaired) electrons. The minimum absolute atomic E-state index is 0.183. The fraction of sp³-hybridized carbons (Fsp3) is 0.200. The summed E-state index contributed by atoms with van der Waals surface area (Å²) in [4.78, 5) is 10.4. The molecule has 0 aliphatic carbocycles. The number of nitriles is 1. The van der Waals surface area contributed by atoms with Crippen molar-refractivity contribution in [1.82, 2.24) is 0 Å². The molecule has 4 nitrogen and oxygen atoms in total. The number of hydrogen-bond acceptors (Lipinski definition) is 4. The zero-order valence-corrected chi connectivity index (χ0v) is 4.92. The number of hydrogen-bond donors (Lipinski definition) is 1. The molecule has 0 aliphatic heterocycles. The van der Waals surface area contributed by atoms with E-state index in [-0.39, 0.29) is 5.57 Å². The van der Waals surface area contributed by atoms with Crippen molar-refractivity contribution >= 4 is 5.97 Å². The first-order valence-corrected chi connectivity index (χ1v) is 2.16. The Morgan fingerprint density at radius 1 is 1.89 bits per heavy atom. The van der Waals surface area contributed by atoms with Crippen LogP contribution in [-0.2, 0) is 9.53 Å². The standard InChI is InChI=1S/C5H6N2O2/c1-9-5(8)4(2-6)3-7/h2H,6H2,1H3/b4-2+. The van der Waals surface area contributed by atoms with E-state index in [4.69, 9.17) is 11.0 Å². The molecule has 0 aromatic heterocycles. The summed E-state index contributed by atoms with van der Waals surface area (Å²) >= 11 is 0. The van der Waals surface area contributed by atoms with Crippen LogP contribution in [0.2, 0.25) is 0 Å². The van der Waals surface area contributed by atoms with Crippen LogP contribution in [0.4, 0.5) is 0 Å². The second kappa shape index (κ2) is 3.50. The van der Waals surface area contributed by atoms with Crippen molar-refractivity contribution < 1.29 is 9.53 Å². The van der Waals surface area contributed by atoms with E-state index in [2.05, 4.69) is 4.74 Å². The smallest absolute Gasteiger partial charge is 0.350 e. The molecule has 0 aliphatic rings. The first-order chi connectivity index (χ1) is 4.26. The van der Waals surface area contributed by atoms with Crippen molar-refractivity contribution in [1.29, 1.82) is 5.26 Å². The van der Waals surface area contributed by atoms with E-state index in [1.807, 2.05) is 0 Å². The highest BCUT2D eigenvalue weighted by atomic mass is 16.5. The van der Waals surface area contributed by atoms with Crippen LogP contribution in [0, 0.1) is 11.3 Å². The number of ether oxygens (including phenoxy) is 1. The molecule has 9 heavy (non-hydrogen) atoms. The highest BCUT2D eigenvalue weighted by Crippen LogP contribution is 1.90. The van der Waals surface area contributed by atoms with Gasteiger partial charge in [0.05, 0.1) is 7.11 Å². The van der Waals surface area contributed by atoms with Crippen LogP contribution in [0.15, 0.2) is 11.8 Å². The van der Waals surface area contributed by atoms with Gasteiger partial charge < -0.3 is 10.5 Å². The first kappa shape index (κ1) is 7.50. The van der Waals surface area contributed by atoms with Gasteiger partial charge in [-0.1, -0.05) is 0 Å². The van der Waals surface area contributed by atoms with Gasteiger partial charge in [0.1, 0.15) is 6.07 Å². The molecular weight excluding hydrogens is 120 g/mol. The summed E-state index contributed by atoms with van der Waals surface area (Å²) in [5, 5.41) is 8.13. The SMILES string of the molecule is COC(=O)/C(C#N)=C/N. The number of nitrogens with zero attached hydrogens (tertiary/aromatic N) is 1. The summed E-state index contributed by atoms with van der Waals surface area (Å²) in [7, 11) is 1.18. The summed E-state index contributed by atoms with van der Waals surface area (Å²) in [5.74, 6) is -0.708. The van der Waals surface area contributed by atoms with Crippen LogP contribution in [0.5, 0.6) is 0 Å². The van der Waals surface area contributed by atoms with Gasteiger partial charge in [0.15, 0.2) is 5.57 Å². The number of esters is 1. The summed E-state index contributed by atoms with van der Waals surface area (Å²) < 4.78 is 4.18. The molecule has 0 heterocycles. The molecule has 48 valence electrons. The second-order valence-electron chi connectivity index (χ2n) is 1.18. The molecule has 0 rings (SSSR count). The van der Waals surface area contributed by atoms with Gasteiger partial charge in [0.2, 0.25) is 0 Å². The average Bonchev–Trinajstić information content (AvgIpc) is 1.90. The number of rotatable bonds is 1. The second-order valence-corrected chi connectivity index (χ2v) is 1.18. The predicted octanol–water partition coefficient (Wildman–Crippen LogP) is -0.474. The lowest BCUT2D eigenvalue weighted by Gasteiger charge is -1.91. The molecule has 0 atom stereocenters. The van der Waals surface area contributed by atoms with E-state index in [0.717, 1.165) is 6.20 Å². The molecule has 0 fully saturated rings. The summed E-state index contributed by atoms with van der Waals surface area (Å²) in [6.45, 7) is 0. The van der Waals surface area contributed by atoms with Crippen LogP contribution < -0.4 is 5.73 Å². The van der Waals surface area contributed by atoms with Gasteiger partial charge in [0.25, 0.3) is 0 Å². The van der Waals surface area contributed by atoms with Crippen LogP contribution in [0.3, 0.4) is 0 Å². The van der Waals surface area contributed by atoms with Gasteiger partial charge in [-0.3, -0.25) is 0 Å². The van der Waals surface area contributed by atoms with Crippen molar-refractivity contribution in [3.05, 3.63) is 11.8 Å². The Kier molecular flexibility index (Phi) is 2.91.